The zero-order chi connectivity index (χ0) is 14.2. The highest BCUT2D eigenvalue weighted by atomic mass is 79.9. The van der Waals surface area contributed by atoms with Crippen LogP contribution in [0, 0.1) is 11.8 Å². The van der Waals surface area contributed by atoms with Gasteiger partial charge in [0.15, 0.2) is 5.03 Å². The van der Waals surface area contributed by atoms with E-state index in [4.69, 9.17) is 4.74 Å². The van der Waals surface area contributed by atoms with Crippen molar-refractivity contribution < 1.29 is 13.2 Å². The van der Waals surface area contributed by atoms with Crippen LogP contribution in [0.1, 0.15) is 12.8 Å². The summed E-state index contributed by atoms with van der Waals surface area (Å²) < 4.78 is 32.8. The van der Waals surface area contributed by atoms with Crippen LogP contribution in [0.3, 0.4) is 0 Å². The first-order valence-electron chi connectivity index (χ1n) is 6.77. The predicted molar refractivity (Wildman–Crippen MR) is 77.7 cm³/mol. The van der Waals surface area contributed by atoms with E-state index in [-0.39, 0.29) is 5.03 Å². The number of hydrogen-bond donors (Lipinski definition) is 0. The maximum absolute atomic E-state index is 12.5. The highest BCUT2D eigenvalue weighted by molar-refractivity contribution is 9.10. The van der Waals surface area contributed by atoms with Crippen LogP contribution < -0.4 is 0 Å². The summed E-state index contributed by atoms with van der Waals surface area (Å²) in [5.74, 6) is 0.927. The van der Waals surface area contributed by atoms with Crippen molar-refractivity contribution in [1.29, 1.82) is 0 Å². The second-order valence-electron chi connectivity index (χ2n) is 5.35. The average Bonchev–Trinajstić information content (AvgIpc) is 3.10. The van der Waals surface area contributed by atoms with E-state index in [1.165, 1.54) is 6.20 Å². The Balaban J connectivity index is 1.74. The van der Waals surface area contributed by atoms with Gasteiger partial charge in [-0.25, -0.2) is 13.4 Å². The summed E-state index contributed by atoms with van der Waals surface area (Å²) in [7, 11) is -3.46. The molecule has 0 bridgehead atoms. The molecule has 1 aromatic rings. The standard InChI is InChI=1S/C13H17BrN2O3S/c14-12-1-2-13(15-7-12)20(17,18)16-5-3-10(8-16)11-4-6-19-9-11/h1-2,7,10-11H,3-6,8-9H2. The zero-order valence-electron chi connectivity index (χ0n) is 11.0. The third-order valence-corrected chi connectivity index (χ3v) is 6.37. The molecule has 110 valence electrons. The lowest BCUT2D eigenvalue weighted by atomic mass is 9.91. The van der Waals surface area contributed by atoms with Crippen LogP contribution in [0.15, 0.2) is 27.8 Å². The van der Waals surface area contributed by atoms with Gasteiger partial charge in [-0.15, -0.1) is 0 Å². The molecule has 2 aliphatic rings. The molecule has 5 nitrogen and oxygen atoms in total. The number of aromatic nitrogens is 1. The fourth-order valence-electron chi connectivity index (χ4n) is 2.93. The SMILES string of the molecule is O=S(=O)(c1ccc(Br)cn1)N1CCC(C2CCOC2)C1. The first-order chi connectivity index (χ1) is 9.57. The van der Waals surface area contributed by atoms with Crippen molar-refractivity contribution >= 4 is 26.0 Å². The van der Waals surface area contributed by atoms with Gasteiger partial charge < -0.3 is 4.74 Å². The summed E-state index contributed by atoms with van der Waals surface area (Å²) >= 11 is 3.27. The van der Waals surface area contributed by atoms with Crippen LogP contribution in [0.2, 0.25) is 0 Å². The average molecular weight is 361 g/mol. The summed E-state index contributed by atoms with van der Waals surface area (Å²) in [5, 5.41) is 0.129. The fraction of sp³-hybridized carbons (Fsp3) is 0.615. The molecule has 2 atom stereocenters. The van der Waals surface area contributed by atoms with Crippen LogP contribution in [0.4, 0.5) is 0 Å². The molecule has 0 spiro atoms. The molecular formula is C13H17BrN2O3S. The number of rotatable bonds is 3. The Bertz CT molecular complexity index is 570. The molecular weight excluding hydrogens is 344 g/mol. The molecule has 0 N–H and O–H groups in total. The molecule has 0 saturated carbocycles. The van der Waals surface area contributed by atoms with Crippen molar-refractivity contribution in [3.8, 4) is 0 Å². The number of pyridine rings is 1. The Morgan fingerprint density at radius 1 is 1.30 bits per heavy atom. The number of hydrogen-bond acceptors (Lipinski definition) is 4. The monoisotopic (exact) mass is 360 g/mol. The Kier molecular flexibility index (Phi) is 4.12. The lowest BCUT2D eigenvalue weighted by Crippen LogP contribution is -2.30. The van der Waals surface area contributed by atoms with Gasteiger partial charge in [0, 0.05) is 37.0 Å². The summed E-state index contributed by atoms with van der Waals surface area (Å²) in [6.45, 7) is 2.76. The highest BCUT2D eigenvalue weighted by Gasteiger charge is 2.37. The second kappa shape index (κ2) is 5.71. The number of ether oxygens (including phenoxy) is 1. The quantitative estimate of drug-likeness (QED) is 0.825. The predicted octanol–water partition coefficient (Wildman–Crippen LogP) is 1.89. The summed E-state index contributed by atoms with van der Waals surface area (Å²) in [5.41, 5.74) is 0. The van der Waals surface area contributed by atoms with Gasteiger partial charge >= 0.3 is 0 Å². The smallest absolute Gasteiger partial charge is 0.260 e. The first kappa shape index (κ1) is 14.4. The minimum absolute atomic E-state index is 0.129. The molecule has 0 aromatic carbocycles. The minimum Gasteiger partial charge on any atom is -0.381 e. The van der Waals surface area contributed by atoms with Crippen molar-refractivity contribution in [1.82, 2.24) is 9.29 Å². The maximum atomic E-state index is 12.5. The Morgan fingerprint density at radius 2 is 2.15 bits per heavy atom. The van der Waals surface area contributed by atoms with Crippen LogP contribution in [0.25, 0.3) is 0 Å². The van der Waals surface area contributed by atoms with Crippen LogP contribution in [0.5, 0.6) is 0 Å². The van der Waals surface area contributed by atoms with Gasteiger partial charge in [-0.3, -0.25) is 0 Å². The molecule has 2 saturated heterocycles. The van der Waals surface area contributed by atoms with E-state index >= 15 is 0 Å². The lowest BCUT2D eigenvalue weighted by molar-refractivity contribution is 0.173. The van der Waals surface area contributed by atoms with Gasteiger partial charge in [0.25, 0.3) is 10.0 Å². The summed E-state index contributed by atoms with van der Waals surface area (Å²) in [4.78, 5) is 4.02. The van der Waals surface area contributed by atoms with Crippen molar-refractivity contribution in [3.05, 3.63) is 22.8 Å². The second-order valence-corrected chi connectivity index (χ2v) is 8.15. The van der Waals surface area contributed by atoms with E-state index in [2.05, 4.69) is 20.9 Å². The van der Waals surface area contributed by atoms with Crippen molar-refractivity contribution in [2.45, 2.75) is 17.9 Å². The normalized spacial score (nSPS) is 28.1. The van der Waals surface area contributed by atoms with E-state index in [9.17, 15) is 8.42 Å². The molecule has 0 amide bonds. The van der Waals surface area contributed by atoms with Gasteiger partial charge in [-0.05, 0) is 52.7 Å². The number of nitrogens with zero attached hydrogens (tertiary/aromatic N) is 2. The van der Waals surface area contributed by atoms with Crippen molar-refractivity contribution in [2.75, 3.05) is 26.3 Å². The van der Waals surface area contributed by atoms with Gasteiger partial charge in [0.05, 0.1) is 0 Å². The van der Waals surface area contributed by atoms with Crippen molar-refractivity contribution in [2.24, 2.45) is 11.8 Å². The Hall–Kier alpha value is -0.500. The molecule has 3 heterocycles. The fourth-order valence-corrected chi connectivity index (χ4v) is 4.59. The van der Waals surface area contributed by atoms with E-state index < -0.39 is 10.0 Å². The molecule has 2 fully saturated rings. The summed E-state index contributed by atoms with van der Waals surface area (Å²) in [6.07, 6.45) is 3.49. The summed E-state index contributed by atoms with van der Waals surface area (Å²) in [6, 6.07) is 3.25. The molecule has 1 aromatic heterocycles. The topological polar surface area (TPSA) is 59.5 Å². The minimum atomic E-state index is -3.46. The molecule has 2 unspecified atom stereocenters. The third kappa shape index (κ3) is 2.77. The first-order valence-corrected chi connectivity index (χ1v) is 9.00. The van der Waals surface area contributed by atoms with Crippen LogP contribution >= 0.6 is 15.9 Å². The molecule has 0 aliphatic carbocycles. The van der Waals surface area contributed by atoms with E-state index in [0.29, 0.717) is 24.9 Å². The molecule has 0 radical (unpaired) electrons. The van der Waals surface area contributed by atoms with Gasteiger partial charge in [0.1, 0.15) is 0 Å². The van der Waals surface area contributed by atoms with Gasteiger partial charge in [0.2, 0.25) is 0 Å². The Labute approximate surface area is 127 Å². The van der Waals surface area contributed by atoms with Crippen LogP contribution in [-0.2, 0) is 14.8 Å². The van der Waals surface area contributed by atoms with Gasteiger partial charge in [-0.2, -0.15) is 4.31 Å². The third-order valence-electron chi connectivity index (χ3n) is 4.12. The molecule has 3 rings (SSSR count). The lowest BCUT2D eigenvalue weighted by Gasteiger charge is -2.18. The van der Waals surface area contributed by atoms with Gasteiger partial charge in [-0.1, -0.05) is 0 Å². The van der Waals surface area contributed by atoms with Crippen LogP contribution in [-0.4, -0.2) is 44.0 Å². The largest absolute Gasteiger partial charge is 0.381 e. The zero-order valence-corrected chi connectivity index (χ0v) is 13.4. The molecule has 7 heteroatoms. The highest BCUT2D eigenvalue weighted by Crippen LogP contribution is 2.32. The van der Waals surface area contributed by atoms with E-state index in [0.717, 1.165) is 30.5 Å². The molecule has 2 aliphatic heterocycles. The van der Waals surface area contributed by atoms with Crippen molar-refractivity contribution in [3.63, 3.8) is 0 Å². The molecule has 20 heavy (non-hydrogen) atoms. The van der Waals surface area contributed by atoms with E-state index in [1.54, 1.807) is 16.4 Å². The van der Waals surface area contributed by atoms with E-state index in [1.807, 2.05) is 0 Å². The number of sulfonamides is 1. The maximum Gasteiger partial charge on any atom is 0.260 e. The Morgan fingerprint density at radius 3 is 2.80 bits per heavy atom. The number of halogens is 1.